The molecule has 0 atom stereocenters. The molecule has 0 saturated carbocycles. The number of hydrogen-bond acceptors (Lipinski definition) is 3. The molecule has 0 aliphatic rings. The molecule has 8 aromatic carbocycles. The Morgan fingerprint density at radius 2 is 0.833 bits per heavy atom. The summed E-state index contributed by atoms with van der Waals surface area (Å²) in [5.74, 6) is 0. The van der Waals surface area contributed by atoms with Crippen molar-refractivity contribution in [3.05, 3.63) is 181 Å². The van der Waals surface area contributed by atoms with Gasteiger partial charge in [0.05, 0.1) is 0 Å². The van der Waals surface area contributed by atoms with Crippen molar-refractivity contribution in [2.45, 2.75) is 6.92 Å². The van der Waals surface area contributed by atoms with Gasteiger partial charge in [-0.25, -0.2) is 0 Å². The highest BCUT2D eigenvalue weighted by atomic mass is 32.1. The number of nitrogens with zero attached hydrogens (tertiary/aromatic N) is 2. The SMILES string of the molecule is Cc1cc(N(c2ccccc2)c2ccccc2)cc(N(c2ccccc2)c2ccc3c4ccccc4c4sc5ccccc5c4c3c2)c1. The van der Waals surface area contributed by atoms with Gasteiger partial charge in [-0.2, -0.15) is 0 Å². The van der Waals surface area contributed by atoms with Crippen LogP contribution in [0, 0.1) is 6.92 Å². The van der Waals surface area contributed by atoms with E-state index in [-0.39, 0.29) is 0 Å². The monoisotopic (exact) mass is 632 g/mol. The second-order valence-corrected chi connectivity index (χ2v) is 13.3. The molecule has 1 heterocycles. The van der Waals surface area contributed by atoms with Crippen molar-refractivity contribution >= 4 is 87.2 Å². The number of aryl methyl sites for hydroxylation is 1. The molecule has 0 radical (unpaired) electrons. The van der Waals surface area contributed by atoms with Gasteiger partial charge in [0.2, 0.25) is 0 Å². The fourth-order valence-electron chi connectivity index (χ4n) is 7.16. The predicted molar refractivity (Wildman–Crippen MR) is 208 cm³/mol. The molecule has 0 spiro atoms. The second-order valence-electron chi connectivity index (χ2n) is 12.3. The summed E-state index contributed by atoms with van der Waals surface area (Å²) < 4.78 is 2.67. The first-order chi connectivity index (χ1) is 23.7. The molecule has 1 aromatic heterocycles. The van der Waals surface area contributed by atoms with Crippen molar-refractivity contribution in [3.8, 4) is 0 Å². The zero-order chi connectivity index (χ0) is 32.0. The van der Waals surface area contributed by atoms with Crippen molar-refractivity contribution in [2.24, 2.45) is 0 Å². The Labute approximate surface area is 284 Å². The third-order valence-corrected chi connectivity index (χ3v) is 10.4. The van der Waals surface area contributed by atoms with E-state index in [4.69, 9.17) is 0 Å². The quantitative estimate of drug-likeness (QED) is 0.168. The standard InChI is InChI=1S/C45H32N2S/c1-31-27-36(46(32-15-5-2-6-16-32)33-17-7-3-8-18-33)29-37(28-31)47(34-19-9-4-10-20-34)35-25-26-39-38-21-11-12-22-40(38)45-44(42(39)30-35)41-23-13-14-24-43(41)48-45/h2-30H,1H3. The lowest BCUT2D eigenvalue weighted by Crippen LogP contribution is -2.13. The molecular formula is C45H32N2S. The third-order valence-electron chi connectivity index (χ3n) is 9.19. The molecule has 228 valence electrons. The molecule has 0 saturated heterocycles. The van der Waals surface area contributed by atoms with Crippen LogP contribution in [0.3, 0.4) is 0 Å². The Kier molecular flexibility index (Phi) is 6.92. The fourth-order valence-corrected chi connectivity index (χ4v) is 8.41. The van der Waals surface area contributed by atoms with Crippen molar-refractivity contribution < 1.29 is 0 Å². The van der Waals surface area contributed by atoms with Crippen LogP contribution in [0.2, 0.25) is 0 Å². The van der Waals surface area contributed by atoms with Crippen LogP contribution in [-0.4, -0.2) is 0 Å². The van der Waals surface area contributed by atoms with Crippen molar-refractivity contribution in [1.82, 2.24) is 0 Å². The van der Waals surface area contributed by atoms with Crippen LogP contribution in [0.25, 0.3) is 41.7 Å². The highest BCUT2D eigenvalue weighted by molar-refractivity contribution is 7.27. The Hall–Kier alpha value is -5.90. The van der Waals surface area contributed by atoms with Crippen molar-refractivity contribution in [2.75, 3.05) is 9.80 Å². The summed E-state index contributed by atoms with van der Waals surface area (Å²) in [4.78, 5) is 4.74. The molecule has 0 aliphatic heterocycles. The number of fused-ring (bicyclic) bond motifs is 8. The molecule has 0 unspecified atom stereocenters. The first-order valence-electron chi connectivity index (χ1n) is 16.4. The predicted octanol–water partition coefficient (Wildman–Crippen LogP) is 13.6. The summed E-state index contributed by atoms with van der Waals surface area (Å²) in [5.41, 5.74) is 7.90. The number of rotatable bonds is 6. The van der Waals surface area contributed by atoms with Gasteiger partial charge in [-0.05, 0) is 101 Å². The number of hydrogen-bond donors (Lipinski definition) is 0. The molecule has 48 heavy (non-hydrogen) atoms. The molecule has 0 aliphatic carbocycles. The first-order valence-corrected chi connectivity index (χ1v) is 17.2. The number of para-hydroxylation sites is 3. The molecule has 0 amide bonds. The summed E-state index contributed by atoms with van der Waals surface area (Å²) in [6, 6.07) is 63.6. The molecule has 3 heteroatoms. The highest BCUT2D eigenvalue weighted by Gasteiger charge is 2.20. The van der Waals surface area contributed by atoms with Crippen LogP contribution in [0.5, 0.6) is 0 Å². The Morgan fingerprint density at radius 1 is 0.354 bits per heavy atom. The zero-order valence-corrected chi connectivity index (χ0v) is 27.4. The molecule has 2 nitrogen and oxygen atoms in total. The number of thiophene rings is 1. The minimum Gasteiger partial charge on any atom is -0.310 e. The van der Waals surface area contributed by atoms with Crippen molar-refractivity contribution in [3.63, 3.8) is 0 Å². The molecular weight excluding hydrogens is 601 g/mol. The minimum absolute atomic E-state index is 1.11. The topological polar surface area (TPSA) is 6.48 Å². The number of anilines is 6. The van der Waals surface area contributed by atoms with Crippen LogP contribution in [0.4, 0.5) is 34.1 Å². The van der Waals surface area contributed by atoms with Crippen LogP contribution in [-0.2, 0) is 0 Å². The van der Waals surface area contributed by atoms with E-state index in [1.54, 1.807) is 0 Å². The second kappa shape index (κ2) is 11.7. The summed E-state index contributed by atoms with van der Waals surface area (Å²) >= 11 is 1.90. The molecule has 9 aromatic rings. The zero-order valence-electron chi connectivity index (χ0n) is 26.5. The smallest absolute Gasteiger partial charge is 0.0485 e. The van der Waals surface area contributed by atoms with Gasteiger partial charge in [-0.15, -0.1) is 11.3 Å². The van der Waals surface area contributed by atoms with Crippen LogP contribution < -0.4 is 9.80 Å². The lowest BCUT2D eigenvalue weighted by atomic mass is 9.96. The van der Waals surface area contributed by atoms with E-state index in [9.17, 15) is 0 Å². The van der Waals surface area contributed by atoms with E-state index in [1.165, 1.54) is 47.3 Å². The van der Waals surface area contributed by atoms with Crippen LogP contribution in [0.1, 0.15) is 5.56 Å². The highest BCUT2D eigenvalue weighted by Crippen LogP contribution is 2.47. The molecule has 0 bridgehead atoms. The normalized spacial score (nSPS) is 11.4. The van der Waals surface area contributed by atoms with Gasteiger partial charge in [0, 0.05) is 59.7 Å². The van der Waals surface area contributed by atoms with E-state index in [0.717, 1.165) is 34.1 Å². The molecule has 0 N–H and O–H groups in total. The summed E-state index contributed by atoms with van der Waals surface area (Å²) in [6.07, 6.45) is 0. The lowest BCUT2D eigenvalue weighted by molar-refractivity contribution is 1.24. The fraction of sp³-hybridized carbons (Fsp3) is 0.0222. The molecule has 9 rings (SSSR count). The van der Waals surface area contributed by atoms with E-state index < -0.39 is 0 Å². The van der Waals surface area contributed by atoms with Crippen LogP contribution in [0.15, 0.2) is 176 Å². The molecule has 0 fully saturated rings. The summed E-state index contributed by atoms with van der Waals surface area (Å²) in [7, 11) is 0. The maximum absolute atomic E-state index is 2.41. The van der Waals surface area contributed by atoms with Gasteiger partial charge in [0.1, 0.15) is 0 Å². The average molecular weight is 633 g/mol. The van der Waals surface area contributed by atoms with Gasteiger partial charge in [-0.3, -0.25) is 0 Å². The third kappa shape index (κ3) is 4.79. The average Bonchev–Trinajstić information content (AvgIpc) is 3.54. The lowest BCUT2D eigenvalue weighted by Gasteiger charge is -2.30. The van der Waals surface area contributed by atoms with Crippen LogP contribution >= 0.6 is 11.3 Å². The van der Waals surface area contributed by atoms with E-state index in [1.807, 2.05) is 11.3 Å². The van der Waals surface area contributed by atoms with Gasteiger partial charge in [-0.1, -0.05) is 103 Å². The van der Waals surface area contributed by atoms with E-state index in [0.29, 0.717) is 0 Å². The Bertz CT molecular complexity index is 2530. The maximum atomic E-state index is 2.41. The first kappa shape index (κ1) is 28.3. The Balaban J connectivity index is 1.30. The van der Waals surface area contributed by atoms with Gasteiger partial charge in [0.15, 0.2) is 0 Å². The van der Waals surface area contributed by atoms with Gasteiger partial charge < -0.3 is 9.80 Å². The summed E-state index contributed by atoms with van der Waals surface area (Å²) in [5, 5.41) is 7.83. The minimum atomic E-state index is 1.11. The maximum Gasteiger partial charge on any atom is 0.0485 e. The van der Waals surface area contributed by atoms with Crippen molar-refractivity contribution in [1.29, 1.82) is 0 Å². The summed E-state index contributed by atoms with van der Waals surface area (Å²) in [6.45, 7) is 2.19. The van der Waals surface area contributed by atoms with Gasteiger partial charge >= 0.3 is 0 Å². The van der Waals surface area contributed by atoms with E-state index >= 15 is 0 Å². The Morgan fingerprint density at radius 3 is 1.44 bits per heavy atom. The largest absolute Gasteiger partial charge is 0.310 e. The van der Waals surface area contributed by atoms with Gasteiger partial charge in [0.25, 0.3) is 0 Å². The number of benzene rings is 8. The van der Waals surface area contributed by atoms with E-state index in [2.05, 4.69) is 193 Å².